The molecule has 0 amide bonds. The summed E-state index contributed by atoms with van der Waals surface area (Å²) in [5, 5.41) is 2.71. The van der Waals surface area contributed by atoms with Gasteiger partial charge >= 0.3 is 13.5 Å². The van der Waals surface area contributed by atoms with Crippen LogP contribution in [0.15, 0.2) is 30.3 Å². The first-order valence-electron chi connectivity index (χ1n) is 6.49. The lowest BCUT2D eigenvalue weighted by Gasteiger charge is -2.23. The standard InChI is InChI=1S/C13H21N2O4P/c1-3-18-13(16)11(2)15-20(17,10-9-14)19-12-7-5-4-6-8-12/h4-8,11H,3,9-10,14H2,1-2H3,(H,15,17). The summed E-state index contributed by atoms with van der Waals surface area (Å²) in [6.07, 6.45) is 0.131. The quantitative estimate of drug-likeness (QED) is 0.561. The molecule has 20 heavy (non-hydrogen) atoms. The Morgan fingerprint density at radius 1 is 1.40 bits per heavy atom. The summed E-state index contributed by atoms with van der Waals surface area (Å²) < 4.78 is 23.0. The lowest BCUT2D eigenvalue weighted by molar-refractivity contribution is -0.144. The number of nitrogens with one attached hydrogen (secondary N) is 1. The molecule has 0 radical (unpaired) electrons. The van der Waals surface area contributed by atoms with E-state index in [1.54, 1.807) is 38.1 Å². The summed E-state index contributed by atoms with van der Waals surface area (Å²) in [6, 6.07) is 8.04. The van der Waals surface area contributed by atoms with Crippen molar-refractivity contribution in [2.75, 3.05) is 19.3 Å². The van der Waals surface area contributed by atoms with Gasteiger partial charge in [0.1, 0.15) is 11.8 Å². The van der Waals surface area contributed by atoms with Gasteiger partial charge in [0.25, 0.3) is 0 Å². The number of carbonyl (C=O) groups is 1. The molecule has 0 saturated heterocycles. The van der Waals surface area contributed by atoms with Crippen LogP contribution in [0.2, 0.25) is 0 Å². The first-order valence-corrected chi connectivity index (χ1v) is 8.30. The summed E-state index contributed by atoms with van der Waals surface area (Å²) in [7, 11) is -3.25. The van der Waals surface area contributed by atoms with Crippen LogP contribution < -0.4 is 15.3 Å². The smallest absolute Gasteiger partial charge is 0.323 e. The normalized spacial score (nSPS) is 15.2. The second-order valence-electron chi connectivity index (χ2n) is 4.19. The van der Waals surface area contributed by atoms with E-state index in [1.807, 2.05) is 6.07 Å². The Hall–Kier alpha value is -1.36. The minimum absolute atomic E-state index is 0.131. The van der Waals surface area contributed by atoms with Gasteiger partial charge in [-0.15, -0.1) is 0 Å². The molecule has 0 aromatic heterocycles. The maximum atomic E-state index is 12.7. The van der Waals surface area contributed by atoms with E-state index >= 15 is 0 Å². The molecule has 0 aliphatic rings. The van der Waals surface area contributed by atoms with Crippen LogP contribution in [0.3, 0.4) is 0 Å². The monoisotopic (exact) mass is 300 g/mol. The van der Waals surface area contributed by atoms with Crippen LogP contribution in [-0.2, 0) is 14.1 Å². The van der Waals surface area contributed by atoms with Gasteiger partial charge in [-0.05, 0) is 26.0 Å². The summed E-state index contributed by atoms with van der Waals surface area (Å²) >= 11 is 0. The third-order valence-electron chi connectivity index (χ3n) is 2.45. The van der Waals surface area contributed by atoms with E-state index in [1.165, 1.54) is 0 Å². The van der Waals surface area contributed by atoms with Crippen LogP contribution in [-0.4, -0.2) is 31.3 Å². The largest absolute Gasteiger partial charge is 0.465 e. The summed E-state index contributed by atoms with van der Waals surface area (Å²) in [6.45, 7) is 3.75. The highest BCUT2D eigenvalue weighted by Crippen LogP contribution is 2.42. The molecule has 1 aromatic rings. The first-order chi connectivity index (χ1) is 9.50. The van der Waals surface area contributed by atoms with Crippen molar-refractivity contribution in [3.05, 3.63) is 30.3 Å². The number of hydrogen-bond donors (Lipinski definition) is 2. The fourth-order valence-electron chi connectivity index (χ4n) is 1.57. The van der Waals surface area contributed by atoms with Crippen LogP contribution in [0.4, 0.5) is 0 Å². The van der Waals surface area contributed by atoms with E-state index < -0.39 is 19.5 Å². The second-order valence-corrected chi connectivity index (χ2v) is 6.43. The van der Waals surface area contributed by atoms with Crippen molar-refractivity contribution in [2.45, 2.75) is 19.9 Å². The number of benzene rings is 1. The van der Waals surface area contributed by atoms with Gasteiger partial charge in [0.2, 0.25) is 0 Å². The Bertz CT molecular complexity index is 467. The zero-order valence-corrected chi connectivity index (χ0v) is 12.6. The third kappa shape index (κ3) is 5.33. The van der Waals surface area contributed by atoms with Gasteiger partial charge in [-0.25, -0.2) is 5.09 Å². The van der Waals surface area contributed by atoms with E-state index in [9.17, 15) is 9.36 Å². The summed E-state index contributed by atoms with van der Waals surface area (Å²) in [5.74, 6) is -0.00532. The van der Waals surface area contributed by atoms with Crippen LogP contribution in [0.1, 0.15) is 13.8 Å². The predicted molar refractivity (Wildman–Crippen MR) is 77.8 cm³/mol. The first kappa shape index (κ1) is 16.7. The molecule has 3 N–H and O–H groups in total. The lowest BCUT2D eigenvalue weighted by atomic mass is 10.3. The van der Waals surface area contributed by atoms with E-state index in [0.29, 0.717) is 5.75 Å². The van der Waals surface area contributed by atoms with Gasteiger partial charge in [0.15, 0.2) is 0 Å². The van der Waals surface area contributed by atoms with Gasteiger partial charge in [-0.2, -0.15) is 0 Å². The highest BCUT2D eigenvalue weighted by molar-refractivity contribution is 7.57. The number of ether oxygens (including phenoxy) is 1. The zero-order valence-electron chi connectivity index (χ0n) is 11.7. The number of nitrogens with two attached hydrogens (primary N) is 1. The maximum absolute atomic E-state index is 12.7. The van der Waals surface area contributed by atoms with E-state index in [-0.39, 0.29) is 19.3 Å². The molecule has 0 heterocycles. The maximum Gasteiger partial charge on any atom is 0.323 e. The number of para-hydroxylation sites is 1. The number of hydrogen-bond acceptors (Lipinski definition) is 5. The molecule has 0 fully saturated rings. The molecule has 0 aliphatic carbocycles. The summed E-state index contributed by atoms with van der Waals surface area (Å²) in [5.41, 5.74) is 5.47. The number of esters is 1. The Morgan fingerprint density at radius 3 is 2.60 bits per heavy atom. The number of carbonyl (C=O) groups excluding carboxylic acids is 1. The average molecular weight is 300 g/mol. The number of rotatable bonds is 8. The Labute approximate surface area is 119 Å². The minimum Gasteiger partial charge on any atom is -0.465 e. The molecule has 6 nitrogen and oxygen atoms in total. The molecule has 2 atom stereocenters. The third-order valence-corrected chi connectivity index (χ3v) is 4.58. The molecular weight excluding hydrogens is 279 g/mol. The lowest BCUT2D eigenvalue weighted by Crippen LogP contribution is -2.36. The van der Waals surface area contributed by atoms with Crippen molar-refractivity contribution in [2.24, 2.45) is 5.73 Å². The molecule has 0 bridgehead atoms. The van der Waals surface area contributed by atoms with Gasteiger partial charge in [-0.3, -0.25) is 9.36 Å². The van der Waals surface area contributed by atoms with Gasteiger partial charge in [0, 0.05) is 6.54 Å². The van der Waals surface area contributed by atoms with Crippen LogP contribution in [0.5, 0.6) is 5.75 Å². The van der Waals surface area contributed by atoms with Gasteiger partial charge < -0.3 is 15.0 Å². The van der Waals surface area contributed by atoms with E-state index in [0.717, 1.165) is 0 Å². The average Bonchev–Trinajstić information content (AvgIpc) is 2.40. The SMILES string of the molecule is CCOC(=O)C(C)NP(=O)(CCN)Oc1ccccc1. The molecule has 1 aromatic carbocycles. The topological polar surface area (TPSA) is 90.7 Å². The summed E-state index contributed by atoms with van der Waals surface area (Å²) in [4.78, 5) is 11.6. The Balaban J connectivity index is 2.76. The molecule has 0 aliphatic heterocycles. The predicted octanol–water partition coefficient (Wildman–Crippen LogP) is 1.76. The highest BCUT2D eigenvalue weighted by Gasteiger charge is 2.29. The van der Waals surface area contributed by atoms with Crippen molar-refractivity contribution in [3.63, 3.8) is 0 Å². The van der Waals surface area contributed by atoms with Crippen molar-refractivity contribution in [1.29, 1.82) is 0 Å². The molecule has 2 unspecified atom stereocenters. The molecule has 112 valence electrons. The highest BCUT2D eigenvalue weighted by atomic mass is 31.2. The van der Waals surface area contributed by atoms with Crippen LogP contribution in [0, 0.1) is 0 Å². The minimum atomic E-state index is -3.25. The zero-order chi connectivity index (χ0) is 15.0. The van der Waals surface area contributed by atoms with Gasteiger partial charge in [0.05, 0.1) is 12.8 Å². The molecule has 0 saturated carbocycles. The molecule has 1 rings (SSSR count). The van der Waals surface area contributed by atoms with Crippen molar-refractivity contribution < 1.29 is 18.6 Å². The van der Waals surface area contributed by atoms with Crippen LogP contribution in [0.25, 0.3) is 0 Å². The molecule has 0 spiro atoms. The van der Waals surface area contributed by atoms with E-state index in [2.05, 4.69) is 5.09 Å². The Morgan fingerprint density at radius 2 is 2.05 bits per heavy atom. The molecule has 7 heteroatoms. The second kappa shape index (κ2) is 8.04. The van der Waals surface area contributed by atoms with Crippen LogP contribution >= 0.6 is 7.52 Å². The van der Waals surface area contributed by atoms with Crippen molar-refractivity contribution in [1.82, 2.24) is 5.09 Å². The van der Waals surface area contributed by atoms with Crippen molar-refractivity contribution in [3.8, 4) is 5.75 Å². The molecular formula is C13H21N2O4P. The fraction of sp³-hybridized carbons (Fsp3) is 0.462. The van der Waals surface area contributed by atoms with Gasteiger partial charge in [-0.1, -0.05) is 18.2 Å². The Kier molecular flexibility index (Phi) is 6.71. The fourth-order valence-corrected chi connectivity index (χ4v) is 3.34. The van der Waals surface area contributed by atoms with E-state index in [4.69, 9.17) is 15.0 Å². The van der Waals surface area contributed by atoms with Crippen molar-refractivity contribution >= 4 is 13.5 Å².